The van der Waals surface area contributed by atoms with E-state index < -0.39 is 0 Å². The van der Waals surface area contributed by atoms with Crippen molar-refractivity contribution in [3.8, 4) is 23.6 Å². The molecular weight excluding hydrogens is 246 g/mol. The molecule has 0 saturated heterocycles. The number of aryl methyl sites for hydroxylation is 1. The van der Waals surface area contributed by atoms with Gasteiger partial charge >= 0.3 is 0 Å². The van der Waals surface area contributed by atoms with Crippen LogP contribution in [0.15, 0.2) is 24.3 Å². The molecule has 0 bridgehead atoms. The molecule has 20 heavy (non-hydrogen) atoms. The molecule has 0 aliphatic carbocycles. The van der Waals surface area contributed by atoms with Crippen molar-refractivity contribution in [2.24, 2.45) is 0 Å². The molecule has 104 valence electrons. The van der Waals surface area contributed by atoms with Crippen LogP contribution in [0.4, 0.5) is 5.82 Å². The fourth-order valence-electron chi connectivity index (χ4n) is 2.29. The Bertz CT molecular complexity index is 667. The minimum Gasteiger partial charge on any atom is -0.383 e. The molecule has 0 saturated carbocycles. The van der Waals surface area contributed by atoms with Crippen molar-refractivity contribution in [2.75, 3.05) is 5.73 Å². The monoisotopic (exact) mass is 267 g/mol. The molecule has 2 aromatic rings. The molecule has 1 heterocycles. The summed E-state index contributed by atoms with van der Waals surface area (Å²) in [7, 11) is 0. The normalized spacial score (nSPS) is 11.3. The van der Waals surface area contributed by atoms with Crippen LogP contribution in [-0.4, -0.2) is 9.55 Å². The van der Waals surface area contributed by atoms with Crippen molar-refractivity contribution in [3.05, 3.63) is 35.7 Å². The quantitative estimate of drug-likeness (QED) is 0.848. The van der Waals surface area contributed by atoms with Gasteiger partial charge in [-0.15, -0.1) is 6.42 Å². The summed E-state index contributed by atoms with van der Waals surface area (Å²) in [5.74, 6) is 4.21. The van der Waals surface area contributed by atoms with E-state index in [2.05, 4.69) is 45.7 Å². The molecule has 0 fully saturated rings. The Morgan fingerprint density at radius 3 is 2.60 bits per heavy atom. The molecule has 3 heteroatoms. The first-order valence-electron chi connectivity index (χ1n) is 6.71. The summed E-state index contributed by atoms with van der Waals surface area (Å²) in [6, 6.07) is 8.19. The van der Waals surface area contributed by atoms with Crippen LogP contribution in [-0.2, 0) is 12.0 Å². The molecule has 1 aromatic carbocycles. The van der Waals surface area contributed by atoms with Crippen molar-refractivity contribution in [3.63, 3.8) is 0 Å². The minimum atomic E-state index is -0.104. The summed E-state index contributed by atoms with van der Waals surface area (Å²) >= 11 is 0. The predicted molar refractivity (Wildman–Crippen MR) is 84.3 cm³/mol. The van der Waals surface area contributed by atoms with E-state index in [1.807, 2.05) is 16.7 Å². The molecule has 0 radical (unpaired) electrons. The average Bonchev–Trinajstić information content (AvgIpc) is 2.68. The van der Waals surface area contributed by atoms with E-state index in [4.69, 9.17) is 17.1 Å². The molecule has 3 nitrogen and oxygen atoms in total. The number of imidazole rings is 1. The van der Waals surface area contributed by atoms with Crippen LogP contribution < -0.4 is 5.73 Å². The molecule has 0 aliphatic rings. The first-order chi connectivity index (χ1) is 9.34. The Labute approximate surface area is 120 Å². The van der Waals surface area contributed by atoms with Crippen LogP contribution in [0.1, 0.15) is 32.2 Å². The van der Waals surface area contributed by atoms with E-state index in [0.29, 0.717) is 12.4 Å². The third-order valence-corrected chi connectivity index (χ3v) is 3.22. The van der Waals surface area contributed by atoms with Crippen LogP contribution in [0.5, 0.6) is 0 Å². The summed E-state index contributed by atoms with van der Waals surface area (Å²) in [6.45, 7) is 8.84. The number of hydrogen-bond donors (Lipinski definition) is 1. The Hall–Kier alpha value is -2.21. The maximum Gasteiger partial charge on any atom is 0.132 e. The Morgan fingerprint density at radius 1 is 1.35 bits per heavy atom. The first kappa shape index (κ1) is 14.2. The standard InChI is InChI=1S/C17H21N3/c1-6-10-20-15(18)14(19-16(20)17(3,4)5)13-9-7-8-12(2)11-13/h1,7-9,11H,10,18H2,2-5H3. The lowest BCUT2D eigenvalue weighted by atomic mass is 9.95. The fraction of sp³-hybridized carbons (Fsp3) is 0.353. The van der Waals surface area contributed by atoms with Crippen LogP contribution in [0.3, 0.4) is 0 Å². The Morgan fingerprint density at radius 2 is 2.05 bits per heavy atom. The van der Waals surface area contributed by atoms with E-state index in [1.54, 1.807) is 0 Å². The predicted octanol–water partition coefficient (Wildman–Crippen LogP) is 3.37. The van der Waals surface area contributed by atoms with Gasteiger partial charge in [-0.25, -0.2) is 4.98 Å². The van der Waals surface area contributed by atoms with Crippen molar-refractivity contribution in [1.82, 2.24) is 9.55 Å². The number of benzene rings is 1. The second-order valence-electron chi connectivity index (χ2n) is 6.08. The number of rotatable bonds is 2. The maximum absolute atomic E-state index is 6.27. The zero-order valence-corrected chi connectivity index (χ0v) is 12.6. The topological polar surface area (TPSA) is 43.8 Å². The molecule has 0 atom stereocenters. The van der Waals surface area contributed by atoms with Crippen LogP contribution in [0.25, 0.3) is 11.3 Å². The highest BCUT2D eigenvalue weighted by atomic mass is 15.1. The maximum atomic E-state index is 6.27. The van der Waals surface area contributed by atoms with Gasteiger partial charge in [-0.1, -0.05) is 50.5 Å². The third-order valence-electron chi connectivity index (χ3n) is 3.22. The van der Waals surface area contributed by atoms with Crippen LogP contribution in [0.2, 0.25) is 0 Å². The second-order valence-corrected chi connectivity index (χ2v) is 6.08. The number of anilines is 1. The summed E-state index contributed by atoms with van der Waals surface area (Å²) in [6.07, 6.45) is 5.46. The van der Waals surface area contributed by atoms with Gasteiger partial charge < -0.3 is 10.3 Å². The lowest BCUT2D eigenvalue weighted by molar-refractivity contribution is 0.517. The SMILES string of the molecule is C#CCn1c(C(C)(C)C)nc(-c2cccc(C)c2)c1N. The number of nitrogen functional groups attached to an aromatic ring is 1. The van der Waals surface area contributed by atoms with E-state index in [-0.39, 0.29) is 5.41 Å². The van der Waals surface area contributed by atoms with Gasteiger partial charge in [-0.3, -0.25) is 0 Å². The zero-order chi connectivity index (χ0) is 14.9. The van der Waals surface area contributed by atoms with Crippen molar-refractivity contribution < 1.29 is 0 Å². The molecule has 0 aliphatic heterocycles. The third kappa shape index (κ3) is 2.55. The van der Waals surface area contributed by atoms with E-state index in [1.165, 1.54) is 5.56 Å². The number of nitrogens with two attached hydrogens (primary N) is 1. The van der Waals surface area contributed by atoms with Gasteiger partial charge in [0.1, 0.15) is 17.3 Å². The van der Waals surface area contributed by atoms with Gasteiger partial charge in [0.05, 0.1) is 6.54 Å². The van der Waals surface area contributed by atoms with E-state index in [0.717, 1.165) is 17.1 Å². The highest BCUT2D eigenvalue weighted by Crippen LogP contribution is 2.32. The summed E-state index contributed by atoms with van der Waals surface area (Å²) in [4.78, 5) is 4.75. The molecule has 0 unspecified atom stereocenters. The number of nitrogens with zero attached hydrogens (tertiary/aromatic N) is 2. The van der Waals surface area contributed by atoms with Gasteiger partial charge in [-0.2, -0.15) is 0 Å². The van der Waals surface area contributed by atoms with E-state index in [9.17, 15) is 0 Å². The van der Waals surface area contributed by atoms with Gasteiger partial charge in [0, 0.05) is 11.0 Å². The van der Waals surface area contributed by atoms with Crippen LogP contribution >= 0.6 is 0 Å². The Balaban J connectivity index is 2.65. The molecular formula is C17H21N3. The van der Waals surface area contributed by atoms with Crippen LogP contribution in [0, 0.1) is 19.3 Å². The molecule has 2 rings (SSSR count). The van der Waals surface area contributed by atoms with Crippen molar-refractivity contribution >= 4 is 5.82 Å². The zero-order valence-electron chi connectivity index (χ0n) is 12.6. The van der Waals surface area contributed by atoms with Gasteiger partial charge in [0.2, 0.25) is 0 Å². The number of aromatic nitrogens is 2. The van der Waals surface area contributed by atoms with Crippen molar-refractivity contribution in [1.29, 1.82) is 0 Å². The highest BCUT2D eigenvalue weighted by molar-refractivity contribution is 5.71. The second kappa shape index (κ2) is 5.05. The van der Waals surface area contributed by atoms with Gasteiger partial charge in [0.15, 0.2) is 0 Å². The van der Waals surface area contributed by atoms with E-state index >= 15 is 0 Å². The molecule has 1 aromatic heterocycles. The van der Waals surface area contributed by atoms with Gasteiger partial charge in [0.25, 0.3) is 0 Å². The lowest BCUT2D eigenvalue weighted by Crippen LogP contribution is -2.19. The Kier molecular flexibility index (Phi) is 3.59. The smallest absolute Gasteiger partial charge is 0.132 e. The molecule has 2 N–H and O–H groups in total. The summed E-state index contributed by atoms with van der Waals surface area (Å²) in [5.41, 5.74) is 9.20. The number of hydrogen-bond acceptors (Lipinski definition) is 2. The van der Waals surface area contributed by atoms with Crippen molar-refractivity contribution in [2.45, 2.75) is 39.7 Å². The molecule has 0 amide bonds. The summed E-state index contributed by atoms with van der Waals surface area (Å²) < 4.78 is 1.93. The first-order valence-corrected chi connectivity index (χ1v) is 6.71. The minimum absolute atomic E-state index is 0.104. The highest BCUT2D eigenvalue weighted by Gasteiger charge is 2.25. The largest absolute Gasteiger partial charge is 0.383 e. The lowest BCUT2D eigenvalue weighted by Gasteiger charge is -2.18. The molecule has 0 spiro atoms. The van der Waals surface area contributed by atoms with Gasteiger partial charge in [-0.05, 0) is 13.0 Å². The number of terminal acetylenes is 1. The fourth-order valence-corrected chi connectivity index (χ4v) is 2.29. The summed E-state index contributed by atoms with van der Waals surface area (Å²) in [5, 5.41) is 0. The average molecular weight is 267 g/mol.